The molecule has 0 saturated carbocycles. The molecule has 0 bridgehead atoms. The Labute approximate surface area is 191 Å². The minimum Gasteiger partial charge on any atom is -0.454 e. The third kappa shape index (κ3) is 5.34. The lowest BCUT2D eigenvalue weighted by Crippen LogP contribution is -2.30. The van der Waals surface area contributed by atoms with Gasteiger partial charge in [-0.25, -0.2) is 4.79 Å². The van der Waals surface area contributed by atoms with Crippen LogP contribution in [0.15, 0.2) is 42.5 Å². The number of nitrogens with one attached hydrogen (secondary N) is 1. The first-order valence-electron chi connectivity index (χ1n) is 10.8. The van der Waals surface area contributed by atoms with E-state index in [1.54, 1.807) is 26.0 Å². The first kappa shape index (κ1) is 23.8. The van der Waals surface area contributed by atoms with E-state index in [1.165, 1.54) is 35.2 Å². The van der Waals surface area contributed by atoms with Gasteiger partial charge in [-0.15, -0.1) is 0 Å². The summed E-state index contributed by atoms with van der Waals surface area (Å²) in [6.07, 6.45) is 1.54. The number of benzene rings is 2. The van der Waals surface area contributed by atoms with Crippen LogP contribution in [0.5, 0.6) is 0 Å². The van der Waals surface area contributed by atoms with Crippen molar-refractivity contribution >= 4 is 35.2 Å². The zero-order valence-corrected chi connectivity index (χ0v) is 18.8. The molecule has 0 saturated heterocycles. The molecule has 0 fully saturated rings. The molecule has 8 heteroatoms. The zero-order valence-electron chi connectivity index (χ0n) is 18.8. The van der Waals surface area contributed by atoms with Gasteiger partial charge in [0.1, 0.15) is 0 Å². The summed E-state index contributed by atoms with van der Waals surface area (Å²) in [6.45, 7) is 5.37. The minimum absolute atomic E-state index is 0.0896. The maximum Gasteiger partial charge on any atom is 0.338 e. The van der Waals surface area contributed by atoms with Crippen molar-refractivity contribution in [3.8, 4) is 0 Å². The van der Waals surface area contributed by atoms with Crippen LogP contribution in [0, 0.1) is 5.92 Å². The molecule has 0 spiro atoms. The molecule has 33 heavy (non-hydrogen) atoms. The Morgan fingerprint density at radius 1 is 0.939 bits per heavy atom. The van der Waals surface area contributed by atoms with E-state index < -0.39 is 24.3 Å². The van der Waals surface area contributed by atoms with Crippen molar-refractivity contribution in [1.29, 1.82) is 0 Å². The van der Waals surface area contributed by atoms with E-state index in [0.717, 1.165) is 6.42 Å². The zero-order chi connectivity index (χ0) is 24.1. The summed E-state index contributed by atoms with van der Waals surface area (Å²) in [7, 11) is 0. The summed E-state index contributed by atoms with van der Waals surface area (Å²) in [5.41, 5.74) is 1.40. The maximum atomic E-state index is 12.5. The Morgan fingerprint density at radius 3 is 2.21 bits per heavy atom. The number of hydrogen-bond acceptors (Lipinski definition) is 6. The van der Waals surface area contributed by atoms with Crippen LogP contribution in [-0.2, 0) is 9.53 Å². The predicted octanol–water partition coefficient (Wildman–Crippen LogP) is 3.72. The third-order valence-corrected chi connectivity index (χ3v) is 5.27. The highest BCUT2D eigenvalue weighted by Gasteiger charge is 2.35. The lowest BCUT2D eigenvalue weighted by Gasteiger charge is -2.12. The van der Waals surface area contributed by atoms with Gasteiger partial charge < -0.3 is 10.1 Å². The fourth-order valence-corrected chi connectivity index (χ4v) is 3.26. The molecular weight excluding hydrogens is 424 g/mol. The van der Waals surface area contributed by atoms with Crippen LogP contribution in [0.4, 0.5) is 5.69 Å². The monoisotopic (exact) mass is 450 g/mol. The number of amides is 3. The SMILES string of the molecule is CCCCN1C(=O)c2ccc(C(=O)OCC(=O)c3ccc(NC(=O)C(C)C)cc3)cc2C1=O. The molecule has 0 unspecified atom stereocenters. The predicted molar refractivity (Wildman–Crippen MR) is 121 cm³/mol. The van der Waals surface area contributed by atoms with Crippen molar-refractivity contribution in [2.75, 3.05) is 18.5 Å². The molecule has 172 valence electrons. The largest absolute Gasteiger partial charge is 0.454 e. The third-order valence-electron chi connectivity index (χ3n) is 5.27. The molecular formula is C25H26N2O6. The Kier molecular flexibility index (Phi) is 7.37. The molecule has 3 amide bonds. The van der Waals surface area contributed by atoms with Gasteiger partial charge in [0, 0.05) is 23.7 Å². The van der Waals surface area contributed by atoms with Crippen LogP contribution in [0.1, 0.15) is 75.0 Å². The average Bonchev–Trinajstić information content (AvgIpc) is 3.05. The number of Topliss-reactive ketones (excluding diaryl/α,β-unsaturated/α-hetero) is 1. The molecule has 1 heterocycles. The summed E-state index contributed by atoms with van der Waals surface area (Å²) in [5, 5.41) is 2.73. The normalized spacial score (nSPS) is 12.7. The lowest BCUT2D eigenvalue weighted by molar-refractivity contribution is -0.118. The van der Waals surface area contributed by atoms with E-state index in [0.29, 0.717) is 24.2 Å². The standard InChI is InChI=1S/C25H26N2O6/c1-4-5-12-27-23(30)19-11-8-17(13-20(19)24(27)31)25(32)33-14-21(28)16-6-9-18(10-7-16)26-22(29)15(2)3/h6-11,13,15H,4-5,12,14H2,1-3H3,(H,26,29). The van der Waals surface area contributed by atoms with Gasteiger partial charge in [0.25, 0.3) is 11.8 Å². The number of hydrogen-bond donors (Lipinski definition) is 1. The number of anilines is 1. The van der Waals surface area contributed by atoms with E-state index >= 15 is 0 Å². The second-order valence-corrected chi connectivity index (χ2v) is 8.10. The first-order valence-corrected chi connectivity index (χ1v) is 10.8. The topological polar surface area (TPSA) is 110 Å². The van der Waals surface area contributed by atoms with Crippen molar-refractivity contribution in [3.63, 3.8) is 0 Å². The second-order valence-electron chi connectivity index (χ2n) is 8.10. The van der Waals surface area contributed by atoms with Crippen LogP contribution >= 0.6 is 0 Å². The smallest absolute Gasteiger partial charge is 0.338 e. The number of rotatable bonds is 9. The lowest BCUT2D eigenvalue weighted by atomic mass is 10.1. The van der Waals surface area contributed by atoms with E-state index in [9.17, 15) is 24.0 Å². The summed E-state index contributed by atoms with van der Waals surface area (Å²) in [6, 6.07) is 10.5. The molecule has 1 aliphatic heterocycles. The fraction of sp³-hybridized carbons (Fsp3) is 0.320. The van der Waals surface area contributed by atoms with Crippen LogP contribution in [0.3, 0.4) is 0 Å². The molecule has 1 N–H and O–H groups in total. The number of carbonyl (C=O) groups excluding carboxylic acids is 5. The van der Waals surface area contributed by atoms with E-state index in [-0.39, 0.29) is 34.4 Å². The van der Waals surface area contributed by atoms with E-state index in [2.05, 4.69) is 5.32 Å². The molecule has 2 aromatic carbocycles. The fourth-order valence-electron chi connectivity index (χ4n) is 3.26. The molecule has 0 radical (unpaired) electrons. The number of ketones is 1. The van der Waals surface area contributed by atoms with Crippen molar-refractivity contribution in [2.24, 2.45) is 5.92 Å². The van der Waals surface area contributed by atoms with Crippen LogP contribution < -0.4 is 5.32 Å². The minimum atomic E-state index is -0.765. The van der Waals surface area contributed by atoms with Gasteiger partial charge in [-0.1, -0.05) is 27.2 Å². The Morgan fingerprint density at radius 2 is 1.58 bits per heavy atom. The van der Waals surface area contributed by atoms with Crippen molar-refractivity contribution in [2.45, 2.75) is 33.6 Å². The number of nitrogens with zero attached hydrogens (tertiary/aromatic N) is 1. The van der Waals surface area contributed by atoms with Gasteiger partial charge in [-0.05, 0) is 48.9 Å². The molecule has 2 aromatic rings. The Balaban J connectivity index is 1.61. The van der Waals surface area contributed by atoms with Crippen molar-refractivity contribution in [3.05, 3.63) is 64.7 Å². The Bertz CT molecular complexity index is 1100. The van der Waals surface area contributed by atoms with Crippen molar-refractivity contribution in [1.82, 2.24) is 4.90 Å². The summed E-state index contributed by atoms with van der Waals surface area (Å²) in [4.78, 5) is 62.7. The molecule has 1 aliphatic rings. The Hall–Kier alpha value is -3.81. The maximum absolute atomic E-state index is 12.5. The van der Waals surface area contributed by atoms with Gasteiger partial charge >= 0.3 is 5.97 Å². The summed E-state index contributed by atoms with van der Waals surface area (Å²) in [5.74, 6) is -2.28. The second kappa shape index (κ2) is 10.2. The number of fused-ring (bicyclic) bond motifs is 1. The number of imide groups is 1. The number of ether oxygens (including phenoxy) is 1. The number of esters is 1. The van der Waals surface area contributed by atoms with E-state index in [1.807, 2.05) is 6.92 Å². The number of unbranched alkanes of at least 4 members (excludes halogenated alkanes) is 1. The number of carbonyl (C=O) groups is 5. The molecule has 3 rings (SSSR count). The highest BCUT2D eigenvalue weighted by Crippen LogP contribution is 2.25. The summed E-state index contributed by atoms with van der Waals surface area (Å²) >= 11 is 0. The van der Waals surface area contributed by atoms with Gasteiger partial charge in [0.15, 0.2) is 12.4 Å². The highest BCUT2D eigenvalue weighted by atomic mass is 16.5. The van der Waals surface area contributed by atoms with Crippen LogP contribution in [-0.4, -0.2) is 47.5 Å². The van der Waals surface area contributed by atoms with Crippen LogP contribution in [0.2, 0.25) is 0 Å². The first-order chi connectivity index (χ1) is 15.7. The van der Waals surface area contributed by atoms with Crippen LogP contribution in [0.25, 0.3) is 0 Å². The average molecular weight is 450 g/mol. The summed E-state index contributed by atoms with van der Waals surface area (Å²) < 4.78 is 5.12. The molecule has 0 aliphatic carbocycles. The van der Waals surface area contributed by atoms with Gasteiger partial charge in [0.05, 0.1) is 16.7 Å². The highest BCUT2D eigenvalue weighted by molar-refractivity contribution is 6.22. The van der Waals surface area contributed by atoms with Crippen molar-refractivity contribution < 1.29 is 28.7 Å². The molecule has 0 atom stereocenters. The molecule has 8 nitrogen and oxygen atoms in total. The van der Waals surface area contributed by atoms with E-state index in [4.69, 9.17) is 4.74 Å². The van der Waals surface area contributed by atoms with Gasteiger partial charge in [0.2, 0.25) is 5.91 Å². The quantitative estimate of drug-likeness (QED) is 0.354. The van der Waals surface area contributed by atoms with Gasteiger partial charge in [-0.2, -0.15) is 0 Å². The molecule has 0 aromatic heterocycles. The van der Waals surface area contributed by atoms with Gasteiger partial charge in [-0.3, -0.25) is 24.1 Å².